The molecule has 1 aliphatic rings. The molecule has 27 heavy (non-hydrogen) atoms. The molecule has 2 atom stereocenters. The highest BCUT2D eigenvalue weighted by atomic mass is 35.5. The molecule has 1 saturated heterocycles. The number of amides is 1. The number of hydrogen-bond donors (Lipinski definition) is 1. The number of ether oxygens (including phenoxy) is 1. The molecule has 9 heteroatoms. The van der Waals surface area contributed by atoms with Crippen LogP contribution in [-0.4, -0.2) is 50.8 Å². The van der Waals surface area contributed by atoms with Gasteiger partial charge in [-0.2, -0.15) is 4.31 Å². The summed E-state index contributed by atoms with van der Waals surface area (Å²) in [4.78, 5) is 23.1. The molecule has 0 aromatic heterocycles. The molecular weight excluding hydrogens is 392 g/mol. The standard InChI is InChI=1S/C18H25ClN2O5S/c1-12-8-13(2)11-21(10-12)27(24,25)15-4-5-17(19)16(9-15)18(23)26-7-6-20-14(3)22/h4-5,9,12-13H,6-8,10-11H2,1-3H3,(H,20,22)/t12-,13+. The van der Waals surface area contributed by atoms with E-state index in [-0.39, 0.29) is 46.4 Å². The average Bonchev–Trinajstić information content (AvgIpc) is 2.57. The zero-order chi connectivity index (χ0) is 20.2. The van der Waals surface area contributed by atoms with Crippen LogP contribution >= 0.6 is 11.6 Å². The molecule has 1 fully saturated rings. The van der Waals surface area contributed by atoms with Gasteiger partial charge in [-0.1, -0.05) is 25.4 Å². The van der Waals surface area contributed by atoms with Crippen LogP contribution in [0.4, 0.5) is 0 Å². The molecule has 7 nitrogen and oxygen atoms in total. The van der Waals surface area contributed by atoms with Gasteiger partial charge < -0.3 is 10.1 Å². The molecule has 150 valence electrons. The van der Waals surface area contributed by atoms with E-state index in [9.17, 15) is 18.0 Å². The molecule has 1 aliphatic heterocycles. The molecule has 0 unspecified atom stereocenters. The molecule has 1 aromatic carbocycles. The largest absolute Gasteiger partial charge is 0.460 e. The van der Waals surface area contributed by atoms with Crippen molar-refractivity contribution in [1.29, 1.82) is 0 Å². The molecule has 1 aromatic rings. The molecular formula is C18H25ClN2O5S. The molecule has 0 bridgehead atoms. The summed E-state index contributed by atoms with van der Waals surface area (Å²) in [6.45, 7) is 6.44. The highest BCUT2D eigenvalue weighted by Crippen LogP contribution is 2.28. The second-order valence-corrected chi connectivity index (χ2v) is 9.37. The molecule has 0 radical (unpaired) electrons. The van der Waals surface area contributed by atoms with Crippen LogP contribution in [-0.2, 0) is 19.6 Å². The Morgan fingerprint density at radius 2 is 1.89 bits per heavy atom. The van der Waals surface area contributed by atoms with Crippen LogP contribution in [0.25, 0.3) is 0 Å². The maximum atomic E-state index is 13.0. The number of nitrogens with one attached hydrogen (secondary N) is 1. The number of carbonyl (C=O) groups is 2. The van der Waals surface area contributed by atoms with E-state index in [1.54, 1.807) is 0 Å². The predicted molar refractivity (Wildman–Crippen MR) is 102 cm³/mol. The minimum atomic E-state index is -3.73. The van der Waals surface area contributed by atoms with E-state index >= 15 is 0 Å². The average molecular weight is 417 g/mol. The maximum absolute atomic E-state index is 13.0. The summed E-state index contributed by atoms with van der Waals surface area (Å²) in [6.07, 6.45) is 0.985. The summed E-state index contributed by atoms with van der Waals surface area (Å²) in [5.41, 5.74) is -0.0151. The van der Waals surface area contributed by atoms with Crippen LogP contribution in [0, 0.1) is 11.8 Å². The fourth-order valence-corrected chi connectivity index (χ4v) is 5.12. The minimum Gasteiger partial charge on any atom is -0.460 e. The molecule has 0 saturated carbocycles. The number of piperidine rings is 1. The third-order valence-corrected chi connectivity index (χ3v) is 6.50. The summed E-state index contributed by atoms with van der Waals surface area (Å²) in [5, 5.41) is 2.61. The molecule has 2 rings (SSSR count). The quantitative estimate of drug-likeness (QED) is 0.567. The number of hydrogen-bond acceptors (Lipinski definition) is 5. The van der Waals surface area contributed by atoms with Crippen LogP contribution in [0.15, 0.2) is 23.1 Å². The lowest BCUT2D eigenvalue weighted by molar-refractivity contribution is -0.119. The van der Waals surface area contributed by atoms with Gasteiger partial charge in [0.2, 0.25) is 15.9 Å². The fourth-order valence-electron chi connectivity index (χ4n) is 3.22. The van der Waals surface area contributed by atoms with Crippen molar-refractivity contribution >= 4 is 33.5 Å². The Bertz CT molecular complexity index is 802. The van der Waals surface area contributed by atoms with Crippen molar-refractivity contribution in [2.24, 2.45) is 11.8 Å². The van der Waals surface area contributed by atoms with Gasteiger partial charge >= 0.3 is 5.97 Å². The zero-order valence-corrected chi connectivity index (χ0v) is 17.3. The number of esters is 1. The van der Waals surface area contributed by atoms with Crippen molar-refractivity contribution in [3.8, 4) is 0 Å². The lowest BCUT2D eigenvalue weighted by Gasteiger charge is -2.34. The Balaban J connectivity index is 2.18. The van der Waals surface area contributed by atoms with Gasteiger partial charge in [0.1, 0.15) is 6.61 Å². The topological polar surface area (TPSA) is 92.8 Å². The number of sulfonamides is 1. The Labute approximate surface area is 165 Å². The van der Waals surface area contributed by atoms with Crippen LogP contribution in [0.5, 0.6) is 0 Å². The van der Waals surface area contributed by atoms with E-state index < -0.39 is 16.0 Å². The minimum absolute atomic E-state index is 0.0151. The van der Waals surface area contributed by atoms with Crippen LogP contribution in [0.1, 0.15) is 37.6 Å². The third kappa shape index (κ3) is 5.67. The number of halogens is 1. The third-order valence-electron chi connectivity index (χ3n) is 4.34. The van der Waals surface area contributed by atoms with E-state index in [0.29, 0.717) is 13.1 Å². The van der Waals surface area contributed by atoms with E-state index in [2.05, 4.69) is 5.32 Å². The van der Waals surface area contributed by atoms with Gasteiger partial charge in [-0.15, -0.1) is 0 Å². The van der Waals surface area contributed by atoms with Crippen molar-refractivity contribution in [1.82, 2.24) is 9.62 Å². The van der Waals surface area contributed by atoms with Crippen molar-refractivity contribution in [2.45, 2.75) is 32.1 Å². The monoisotopic (exact) mass is 416 g/mol. The van der Waals surface area contributed by atoms with Gasteiger partial charge in [0.25, 0.3) is 0 Å². The highest BCUT2D eigenvalue weighted by molar-refractivity contribution is 7.89. The summed E-state index contributed by atoms with van der Waals surface area (Å²) < 4.78 is 32.5. The first-order valence-corrected chi connectivity index (χ1v) is 10.6. The molecule has 0 spiro atoms. The molecule has 1 heterocycles. The number of rotatable bonds is 6. The van der Waals surface area contributed by atoms with Gasteiger partial charge in [0.15, 0.2) is 0 Å². The van der Waals surface area contributed by atoms with Gasteiger partial charge in [-0.3, -0.25) is 4.79 Å². The number of benzene rings is 1. The first kappa shape index (κ1) is 21.7. The lowest BCUT2D eigenvalue weighted by Crippen LogP contribution is -2.42. The normalized spacial score (nSPS) is 20.9. The summed E-state index contributed by atoms with van der Waals surface area (Å²) >= 11 is 6.06. The molecule has 1 amide bonds. The second-order valence-electron chi connectivity index (χ2n) is 7.03. The summed E-state index contributed by atoms with van der Waals surface area (Å²) in [7, 11) is -3.73. The Morgan fingerprint density at radius 3 is 2.48 bits per heavy atom. The lowest BCUT2D eigenvalue weighted by atomic mass is 9.94. The van der Waals surface area contributed by atoms with Crippen molar-refractivity contribution < 1.29 is 22.7 Å². The Morgan fingerprint density at radius 1 is 1.26 bits per heavy atom. The van der Waals surface area contributed by atoms with Gasteiger partial charge in [-0.05, 0) is 36.5 Å². The first-order valence-electron chi connectivity index (χ1n) is 8.82. The SMILES string of the molecule is CC(=O)NCCOC(=O)c1cc(S(=O)(=O)N2C[C@H](C)C[C@H](C)C2)ccc1Cl. The predicted octanol–water partition coefficient (Wildman–Crippen LogP) is 2.30. The van der Waals surface area contributed by atoms with Crippen LogP contribution in [0.2, 0.25) is 5.02 Å². The van der Waals surface area contributed by atoms with Gasteiger partial charge in [-0.25, -0.2) is 13.2 Å². The van der Waals surface area contributed by atoms with Crippen molar-refractivity contribution in [2.75, 3.05) is 26.2 Å². The zero-order valence-electron chi connectivity index (χ0n) is 15.7. The van der Waals surface area contributed by atoms with E-state index in [4.69, 9.17) is 16.3 Å². The molecule has 1 N–H and O–H groups in total. The first-order chi connectivity index (χ1) is 12.6. The summed E-state index contributed by atoms with van der Waals surface area (Å²) in [5.74, 6) is -0.423. The summed E-state index contributed by atoms with van der Waals surface area (Å²) in [6, 6.07) is 4.04. The fraction of sp³-hybridized carbons (Fsp3) is 0.556. The van der Waals surface area contributed by atoms with E-state index in [0.717, 1.165) is 6.42 Å². The van der Waals surface area contributed by atoms with Crippen LogP contribution in [0.3, 0.4) is 0 Å². The highest BCUT2D eigenvalue weighted by Gasteiger charge is 2.32. The van der Waals surface area contributed by atoms with E-state index in [1.165, 1.54) is 29.4 Å². The Kier molecular flexibility index (Phi) is 7.25. The second kappa shape index (κ2) is 9.03. The number of carbonyl (C=O) groups excluding carboxylic acids is 2. The Hall–Kier alpha value is -1.64. The van der Waals surface area contributed by atoms with Gasteiger partial charge in [0.05, 0.1) is 22.0 Å². The number of nitrogens with zero attached hydrogens (tertiary/aromatic N) is 1. The molecule has 0 aliphatic carbocycles. The maximum Gasteiger partial charge on any atom is 0.339 e. The van der Waals surface area contributed by atoms with Crippen molar-refractivity contribution in [3.05, 3.63) is 28.8 Å². The smallest absolute Gasteiger partial charge is 0.339 e. The van der Waals surface area contributed by atoms with Crippen molar-refractivity contribution in [3.63, 3.8) is 0 Å². The van der Waals surface area contributed by atoms with E-state index in [1.807, 2.05) is 13.8 Å². The van der Waals surface area contributed by atoms with Crippen LogP contribution < -0.4 is 5.32 Å². The van der Waals surface area contributed by atoms with Gasteiger partial charge in [0, 0.05) is 20.0 Å².